The van der Waals surface area contributed by atoms with Crippen molar-refractivity contribution >= 4 is 11.8 Å². The van der Waals surface area contributed by atoms with Gasteiger partial charge in [0.1, 0.15) is 0 Å². The molecule has 1 aromatic rings. The van der Waals surface area contributed by atoms with E-state index in [2.05, 4.69) is 6.92 Å². The largest absolute Gasteiger partial charge is 0.494 e. The Balaban J connectivity index is 1.92. The van der Waals surface area contributed by atoms with Crippen LogP contribution in [0.4, 0.5) is 4.39 Å². The van der Waals surface area contributed by atoms with Gasteiger partial charge >= 0.3 is 0 Å². The molecule has 0 bridgehead atoms. The lowest BCUT2D eigenvalue weighted by molar-refractivity contribution is 0.127. The van der Waals surface area contributed by atoms with Crippen LogP contribution in [-0.2, 0) is 4.74 Å². The lowest BCUT2D eigenvalue weighted by Crippen LogP contribution is -2.19. The number of rotatable bonds is 5. The molecule has 0 aliphatic carbocycles. The summed E-state index contributed by atoms with van der Waals surface area (Å²) in [6.07, 6.45) is 1.35. The van der Waals surface area contributed by atoms with Crippen molar-refractivity contribution in [2.24, 2.45) is 5.73 Å². The van der Waals surface area contributed by atoms with Crippen LogP contribution in [-0.4, -0.2) is 30.8 Å². The van der Waals surface area contributed by atoms with Gasteiger partial charge in [0.05, 0.1) is 13.2 Å². The van der Waals surface area contributed by atoms with E-state index in [9.17, 15) is 4.39 Å². The quantitative estimate of drug-likeness (QED) is 0.903. The van der Waals surface area contributed by atoms with Gasteiger partial charge in [0.25, 0.3) is 0 Å². The van der Waals surface area contributed by atoms with Crippen molar-refractivity contribution in [2.45, 2.75) is 30.7 Å². The highest BCUT2D eigenvalue weighted by atomic mass is 32.2. The average Bonchev–Trinajstić information content (AvgIpc) is 2.81. The predicted molar refractivity (Wildman–Crippen MR) is 76.2 cm³/mol. The Morgan fingerprint density at radius 2 is 2.37 bits per heavy atom. The summed E-state index contributed by atoms with van der Waals surface area (Å²) in [6, 6.07) is 4.73. The minimum absolute atomic E-state index is 0.168. The molecule has 0 aromatic heterocycles. The van der Waals surface area contributed by atoms with Gasteiger partial charge in [-0.25, -0.2) is 4.39 Å². The lowest BCUT2D eigenvalue weighted by Gasteiger charge is -2.17. The van der Waals surface area contributed by atoms with Crippen molar-refractivity contribution in [3.05, 3.63) is 29.6 Å². The summed E-state index contributed by atoms with van der Waals surface area (Å²) in [4.78, 5) is 0. The van der Waals surface area contributed by atoms with Crippen molar-refractivity contribution in [2.75, 3.05) is 19.5 Å². The van der Waals surface area contributed by atoms with Gasteiger partial charge in [-0.15, -0.1) is 0 Å². The van der Waals surface area contributed by atoms with E-state index in [4.69, 9.17) is 15.2 Å². The van der Waals surface area contributed by atoms with Crippen LogP contribution in [0.1, 0.15) is 24.9 Å². The molecule has 1 saturated heterocycles. The van der Waals surface area contributed by atoms with Crippen molar-refractivity contribution in [1.82, 2.24) is 0 Å². The molecular formula is C14H20FNO2S. The summed E-state index contributed by atoms with van der Waals surface area (Å²) in [5.41, 5.74) is 6.91. The molecule has 19 heavy (non-hydrogen) atoms. The van der Waals surface area contributed by atoms with E-state index >= 15 is 0 Å². The fraction of sp³-hybridized carbons (Fsp3) is 0.571. The average molecular weight is 285 g/mol. The first kappa shape index (κ1) is 14.6. The first-order chi connectivity index (χ1) is 9.11. The molecule has 3 atom stereocenters. The Labute approximate surface area is 117 Å². The summed E-state index contributed by atoms with van der Waals surface area (Å²) in [5, 5.41) is 0.495. The molecule has 1 heterocycles. The van der Waals surface area contributed by atoms with Gasteiger partial charge in [-0.3, -0.25) is 0 Å². The Morgan fingerprint density at radius 3 is 2.95 bits per heavy atom. The number of hydrogen-bond donors (Lipinski definition) is 1. The third-order valence-corrected chi connectivity index (χ3v) is 5.00. The first-order valence-corrected chi connectivity index (χ1v) is 7.49. The van der Waals surface area contributed by atoms with Gasteiger partial charge in [-0.1, -0.05) is 6.07 Å². The van der Waals surface area contributed by atoms with E-state index in [1.165, 1.54) is 13.2 Å². The topological polar surface area (TPSA) is 44.5 Å². The van der Waals surface area contributed by atoms with Gasteiger partial charge in [0.2, 0.25) is 0 Å². The smallest absolute Gasteiger partial charge is 0.165 e. The lowest BCUT2D eigenvalue weighted by atomic mass is 10.1. The molecule has 1 aliphatic rings. The summed E-state index contributed by atoms with van der Waals surface area (Å²) >= 11 is 1.81. The monoisotopic (exact) mass is 285 g/mol. The zero-order chi connectivity index (χ0) is 13.8. The van der Waals surface area contributed by atoms with Gasteiger partial charge in [-0.2, -0.15) is 11.8 Å². The van der Waals surface area contributed by atoms with Crippen LogP contribution < -0.4 is 10.5 Å². The SMILES string of the molecule is COc1ccc(C(N)CSC2CCOC2C)cc1F. The van der Waals surface area contributed by atoms with E-state index in [0.717, 1.165) is 24.3 Å². The Hall–Kier alpha value is -0.780. The van der Waals surface area contributed by atoms with Crippen LogP contribution in [0.3, 0.4) is 0 Å². The maximum absolute atomic E-state index is 13.6. The molecule has 2 rings (SSSR count). The molecule has 0 amide bonds. The minimum atomic E-state index is -0.363. The zero-order valence-corrected chi connectivity index (χ0v) is 12.1. The third-order valence-electron chi connectivity index (χ3n) is 3.40. The molecule has 3 unspecified atom stereocenters. The fourth-order valence-corrected chi connectivity index (χ4v) is 3.43. The fourth-order valence-electron chi connectivity index (χ4n) is 2.17. The van der Waals surface area contributed by atoms with Gasteiger partial charge in [0, 0.05) is 23.7 Å². The molecule has 5 heteroatoms. The highest BCUT2D eigenvalue weighted by Crippen LogP contribution is 2.30. The van der Waals surface area contributed by atoms with Crippen molar-refractivity contribution in [3.8, 4) is 5.75 Å². The third kappa shape index (κ3) is 3.61. The highest BCUT2D eigenvalue weighted by Gasteiger charge is 2.25. The zero-order valence-electron chi connectivity index (χ0n) is 11.3. The number of thioether (sulfide) groups is 1. The van der Waals surface area contributed by atoms with Crippen LogP contribution in [0.5, 0.6) is 5.75 Å². The second-order valence-electron chi connectivity index (χ2n) is 4.74. The van der Waals surface area contributed by atoms with Crippen molar-refractivity contribution in [3.63, 3.8) is 0 Å². The maximum Gasteiger partial charge on any atom is 0.165 e. The van der Waals surface area contributed by atoms with E-state index in [-0.39, 0.29) is 23.7 Å². The Kier molecular flexibility index (Phi) is 5.07. The normalized spacial score (nSPS) is 24.4. The molecule has 1 fully saturated rings. The van der Waals surface area contributed by atoms with E-state index < -0.39 is 0 Å². The van der Waals surface area contributed by atoms with Crippen LogP contribution >= 0.6 is 11.8 Å². The van der Waals surface area contributed by atoms with Gasteiger partial charge in [0.15, 0.2) is 11.6 Å². The number of nitrogens with two attached hydrogens (primary N) is 1. The standard InChI is InChI=1S/C14H20FNO2S/c1-9-14(5-6-18-9)19-8-12(16)10-3-4-13(17-2)11(15)7-10/h3-4,7,9,12,14H,5-6,8,16H2,1-2H3. The molecule has 0 spiro atoms. The summed E-state index contributed by atoms with van der Waals surface area (Å²) in [7, 11) is 1.45. The Morgan fingerprint density at radius 1 is 1.58 bits per heavy atom. The molecular weight excluding hydrogens is 265 g/mol. The summed E-state index contributed by atoms with van der Waals surface area (Å²) in [5.74, 6) is 0.656. The number of hydrogen-bond acceptors (Lipinski definition) is 4. The van der Waals surface area contributed by atoms with Crippen LogP contribution in [0.15, 0.2) is 18.2 Å². The second-order valence-corrected chi connectivity index (χ2v) is 6.01. The number of methoxy groups -OCH3 is 1. The number of ether oxygens (including phenoxy) is 2. The summed E-state index contributed by atoms with van der Waals surface area (Å²) in [6.45, 7) is 2.91. The predicted octanol–water partition coefficient (Wildman–Crippen LogP) is 2.74. The molecule has 1 aromatic carbocycles. The molecule has 106 valence electrons. The second kappa shape index (κ2) is 6.59. The van der Waals surface area contributed by atoms with Crippen molar-refractivity contribution in [1.29, 1.82) is 0 Å². The van der Waals surface area contributed by atoms with Gasteiger partial charge < -0.3 is 15.2 Å². The minimum Gasteiger partial charge on any atom is -0.494 e. The van der Waals surface area contributed by atoms with E-state index in [0.29, 0.717) is 5.25 Å². The van der Waals surface area contributed by atoms with E-state index in [1.807, 2.05) is 17.8 Å². The maximum atomic E-state index is 13.6. The molecule has 2 N–H and O–H groups in total. The molecule has 1 aliphatic heterocycles. The van der Waals surface area contributed by atoms with Crippen LogP contribution in [0.2, 0.25) is 0 Å². The van der Waals surface area contributed by atoms with Crippen LogP contribution in [0.25, 0.3) is 0 Å². The number of benzene rings is 1. The highest BCUT2D eigenvalue weighted by molar-refractivity contribution is 8.00. The first-order valence-electron chi connectivity index (χ1n) is 6.44. The van der Waals surface area contributed by atoms with E-state index in [1.54, 1.807) is 6.07 Å². The Bertz CT molecular complexity index is 430. The molecule has 0 saturated carbocycles. The van der Waals surface area contributed by atoms with Crippen molar-refractivity contribution < 1.29 is 13.9 Å². The summed E-state index contributed by atoms with van der Waals surface area (Å²) < 4.78 is 24.0. The van der Waals surface area contributed by atoms with Crippen LogP contribution in [0, 0.1) is 5.82 Å². The number of halogens is 1. The molecule has 3 nitrogen and oxygen atoms in total. The molecule has 0 radical (unpaired) electrons. The van der Waals surface area contributed by atoms with Gasteiger partial charge in [-0.05, 0) is 31.0 Å².